The molecular weight excluding hydrogens is 318 g/mol. The zero-order valence-corrected chi connectivity index (χ0v) is 13.0. The van der Waals surface area contributed by atoms with Crippen LogP contribution >= 0.6 is 0 Å². The van der Waals surface area contributed by atoms with Crippen LogP contribution in [0.25, 0.3) is 5.69 Å². The number of amides is 1. The summed E-state index contributed by atoms with van der Waals surface area (Å²) in [6.45, 7) is 0. The Kier molecular flexibility index (Phi) is 4.62. The van der Waals surface area contributed by atoms with Crippen molar-refractivity contribution >= 4 is 17.5 Å². The topological polar surface area (TPSA) is 101 Å². The number of ketones is 1. The number of nitriles is 1. The quantitative estimate of drug-likeness (QED) is 0.571. The van der Waals surface area contributed by atoms with Crippen LogP contribution in [-0.2, 0) is 4.79 Å². The van der Waals surface area contributed by atoms with Crippen LogP contribution in [0, 0.1) is 17.2 Å². The first-order valence-electron chi connectivity index (χ1n) is 7.43. The number of carbonyl (C=O) groups is 2. The Morgan fingerprint density at radius 2 is 1.92 bits per heavy atom. The van der Waals surface area contributed by atoms with Crippen LogP contribution in [0.2, 0.25) is 0 Å². The standard InChI is InChI=1S/C18H13N5O2/c19-11-15(18(25)22-16-3-1-2-8-21-16)17(24)13-4-6-14(7-5-13)23-10-9-20-12-23/h1-10,12,15H,(H,21,22,25)/t15-/m0/s1. The number of anilines is 1. The van der Waals surface area contributed by atoms with E-state index in [9.17, 15) is 14.9 Å². The molecule has 0 bridgehead atoms. The molecule has 0 aliphatic heterocycles. The van der Waals surface area contributed by atoms with E-state index < -0.39 is 17.6 Å². The van der Waals surface area contributed by atoms with E-state index in [2.05, 4.69) is 15.3 Å². The number of hydrogen-bond acceptors (Lipinski definition) is 5. The van der Waals surface area contributed by atoms with Gasteiger partial charge in [0.25, 0.3) is 5.91 Å². The van der Waals surface area contributed by atoms with Crippen molar-refractivity contribution in [1.82, 2.24) is 14.5 Å². The number of aromatic nitrogens is 3. The summed E-state index contributed by atoms with van der Waals surface area (Å²) in [4.78, 5) is 32.6. The first-order valence-corrected chi connectivity index (χ1v) is 7.43. The summed E-state index contributed by atoms with van der Waals surface area (Å²) >= 11 is 0. The third-order valence-electron chi connectivity index (χ3n) is 3.52. The third-order valence-corrected chi connectivity index (χ3v) is 3.52. The van der Waals surface area contributed by atoms with Crippen molar-refractivity contribution in [2.75, 3.05) is 5.32 Å². The molecule has 0 aliphatic rings. The molecule has 2 aromatic heterocycles. The highest BCUT2D eigenvalue weighted by Crippen LogP contribution is 2.14. The monoisotopic (exact) mass is 331 g/mol. The summed E-state index contributed by atoms with van der Waals surface area (Å²) in [5, 5.41) is 11.7. The van der Waals surface area contributed by atoms with Crippen molar-refractivity contribution in [3.8, 4) is 11.8 Å². The van der Waals surface area contributed by atoms with Gasteiger partial charge in [-0.2, -0.15) is 5.26 Å². The van der Waals surface area contributed by atoms with E-state index in [-0.39, 0.29) is 11.4 Å². The number of hydrogen-bond donors (Lipinski definition) is 1. The maximum atomic E-state index is 12.5. The molecule has 0 aliphatic carbocycles. The summed E-state index contributed by atoms with van der Waals surface area (Å²) < 4.78 is 1.78. The van der Waals surface area contributed by atoms with E-state index in [0.29, 0.717) is 0 Å². The average Bonchev–Trinajstić information content (AvgIpc) is 3.18. The molecule has 25 heavy (non-hydrogen) atoms. The fourth-order valence-electron chi connectivity index (χ4n) is 2.25. The average molecular weight is 331 g/mol. The summed E-state index contributed by atoms with van der Waals surface area (Å²) in [5.41, 5.74) is 1.10. The second kappa shape index (κ2) is 7.19. The van der Waals surface area contributed by atoms with Gasteiger partial charge in [-0.1, -0.05) is 6.07 Å². The lowest BCUT2D eigenvalue weighted by Gasteiger charge is -2.10. The zero-order valence-electron chi connectivity index (χ0n) is 13.0. The van der Waals surface area contributed by atoms with E-state index in [4.69, 9.17) is 0 Å². The molecule has 2 heterocycles. The Balaban J connectivity index is 1.76. The first-order chi connectivity index (χ1) is 12.2. The van der Waals surface area contributed by atoms with Crippen molar-refractivity contribution in [2.45, 2.75) is 0 Å². The van der Waals surface area contributed by atoms with Crippen LogP contribution in [-0.4, -0.2) is 26.2 Å². The van der Waals surface area contributed by atoms with Gasteiger partial charge in [0.15, 0.2) is 11.7 Å². The van der Waals surface area contributed by atoms with Crippen LogP contribution in [0.4, 0.5) is 5.82 Å². The van der Waals surface area contributed by atoms with Gasteiger partial charge in [-0.15, -0.1) is 0 Å². The minimum atomic E-state index is -1.44. The number of pyridine rings is 1. The Bertz CT molecular complexity index is 912. The molecule has 1 atom stereocenters. The lowest BCUT2D eigenvalue weighted by Crippen LogP contribution is -2.29. The summed E-state index contributed by atoms with van der Waals surface area (Å²) in [5.74, 6) is -2.42. The Morgan fingerprint density at radius 3 is 2.52 bits per heavy atom. The van der Waals surface area contributed by atoms with Crippen LogP contribution < -0.4 is 5.32 Å². The molecule has 0 saturated carbocycles. The molecule has 0 spiro atoms. The van der Waals surface area contributed by atoms with Gasteiger partial charge in [-0.3, -0.25) is 9.59 Å². The van der Waals surface area contributed by atoms with Gasteiger partial charge in [0.2, 0.25) is 0 Å². The maximum Gasteiger partial charge on any atom is 0.250 e. The molecule has 1 N–H and O–H groups in total. The van der Waals surface area contributed by atoms with Crippen molar-refractivity contribution in [3.05, 3.63) is 72.9 Å². The van der Waals surface area contributed by atoms with Gasteiger partial charge in [0, 0.05) is 29.8 Å². The van der Waals surface area contributed by atoms with Gasteiger partial charge >= 0.3 is 0 Å². The van der Waals surface area contributed by atoms with Crippen LogP contribution in [0.5, 0.6) is 0 Å². The Morgan fingerprint density at radius 1 is 1.12 bits per heavy atom. The molecule has 1 amide bonds. The van der Waals surface area contributed by atoms with Crippen molar-refractivity contribution in [1.29, 1.82) is 5.26 Å². The van der Waals surface area contributed by atoms with Crippen LogP contribution in [0.15, 0.2) is 67.4 Å². The van der Waals surface area contributed by atoms with Crippen LogP contribution in [0.1, 0.15) is 10.4 Å². The molecule has 7 nitrogen and oxygen atoms in total. The molecule has 0 fully saturated rings. The molecule has 7 heteroatoms. The molecule has 122 valence electrons. The molecule has 1 aromatic carbocycles. The summed E-state index contributed by atoms with van der Waals surface area (Å²) in [6.07, 6.45) is 6.56. The third kappa shape index (κ3) is 3.59. The van der Waals surface area contributed by atoms with E-state index in [1.807, 2.05) is 0 Å². The van der Waals surface area contributed by atoms with Gasteiger partial charge in [0.1, 0.15) is 5.82 Å². The largest absolute Gasteiger partial charge is 0.309 e. The Labute approximate surface area is 143 Å². The van der Waals surface area contributed by atoms with Gasteiger partial charge in [-0.25, -0.2) is 9.97 Å². The molecular formula is C18H13N5O2. The van der Waals surface area contributed by atoms with Crippen molar-refractivity contribution < 1.29 is 9.59 Å². The number of nitrogens with zero attached hydrogens (tertiary/aromatic N) is 4. The van der Waals surface area contributed by atoms with Gasteiger partial charge < -0.3 is 9.88 Å². The van der Waals surface area contributed by atoms with E-state index in [1.165, 1.54) is 6.20 Å². The lowest BCUT2D eigenvalue weighted by atomic mass is 9.98. The van der Waals surface area contributed by atoms with E-state index in [0.717, 1.165) is 5.69 Å². The first kappa shape index (κ1) is 16.1. The number of carbonyl (C=O) groups excluding carboxylic acids is 2. The minimum Gasteiger partial charge on any atom is -0.309 e. The zero-order chi connectivity index (χ0) is 17.6. The molecule has 3 rings (SSSR count). The van der Waals surface area contributed by atoms with Crippen LogP contribution in [0.3, 0.4) is 0 Å². The summed E-state index contributed by atoms with van der Waals surface area (Å²) in [7, 11) is 0. The van der Waals surface area contributed by atoms with Crippen molar-refractivity contribution in [2.24, 2.45) is 5.92 Å². The van der Waals surface area contributed by atoms with E-state index >= 15 is 0 Å². The number of imidazole rings is 1. The SMILES string of the molecule is N#C[C@H](C(=O)Nc1ccccn1)C(=O)c1ccc(-n2ccnc2)cc1. The Hall–Kier alpha value is -3.79. The fourth-order valence-corrected chi connectivity index (χ4v) is 2.25. The van der Waals surface area contributed by atoms with Gasteiger partial charge in [0.05, 0.1) is 12.4 Å². The van der Waals surface area contributed by atoms with Crippen molar-refractivity contribution in [3.63, 3.8) is 0 Å². The lowest BCUT2D eigenvalue weighted by molar-refractivity contribution is -0.117. The smallest absolute Gasteiger partial charge is 0.250 e. The summed E-state index contributed by atoms with van der Waals surface area (Å²) in [6, 6.07) is 13.3. The normalized spacial score (nSPS) is 11.3. The van der Waals surface area contributed by atoms with Gasteiger partial charge in [-0.05, 0) is 36.4 Å². The number of Topliss-reactive ketones (excluding diaryl/α,β-unsaturated/α-hetero) is 1. The second-order valence-electron chi connectivity index (χ2n) is 5.15. The second-order valence-corrected chi connectivity index (χ2v) is 5.15. The maximum absolute atomic E-state index is 12.5. The predicted octanol–water partition coefficient (Wildman–Crippen LogP) is 2.23. The highest BCUT2D eigenvalue weighted by Gasteiger charge is 2.27. The highest BCUT2D eigenvalue weighted by atomic mass is 16.2. The fraction of sp³-hybridized carbons (Fsp3) is 0.0556. The van der Waals surface area contributed by atoms with E-state index in [1.54, 1.807) is 71.8 Å². The predicted molar refractivity (Wildman–Crippen MR) is 89.9 cm³/mol. The number of benzene rings is 1. The molecule has 0 unspecified atom stereocenters. The number of nitrogens with one attached hydrogen (secondary N) is 1. The number of rotatable bonds is 5. The molecule has 3 aromatic rings. The molecule has 0 saturated heterocycles. The molecule has 0 radical (unpaired) electrons. The highest BCUT2D eigenvalue weighted by molar-refractivity contribution is 6.15. The minimum absolute atomic E-state index is 0.284.